The number of carbonyl (C=O) groups is 1. The number of rotatable bonds is 7. The normalized spacial score (nSPS) is 24.6. The highest BCUT2D eigenvalue weighted by molar-refractivity contribution is 7.92. The first kappa shape index (κ1) is 21.5. The van der Waals surface area contributed by atoms with E-state index in [4.69, 9.17) is 9.47 Å². The molecule has 0 radical (unpaired) electrons. The third-order valence-corrected chi connectivity index (χ3v) is 6.01. The Morgan fingerprint density at radius 1 is 1.29 bits per heavy atom. The number of anilines is 1. The molecule has 1 amide bonds. The fourth-order valence-corrected chi connectivity index (χ4v) is 4.69. The van der Waals surface area contributed by atoms with E-state index in [2.05, 4.69) is 15.0 Å². The number of ether oxygens (including phenoxy) is 2. The fourth-order valence-electron chi connectivity index (χ4n) is 4.14. The highest BCUT2D eigenvalue weighted by Crippen LogP contribution is 2.47. The Balaban J connectivity index is 1.45. The maximum absolute atomic E-state index is 12.4. The van der Waals surface area contributed by atoms with Crippen LogP contribution in [0.25, 0.3) is 0 Å². The number of carbonyl (C=O) groups excluding carboxylic acids is 1. The summed E-state index contributed by atoms with van der Waals surface area (Å²) in [5, 5.41) is 12.7. The second-order valence-electron chi connectivity index (χ2n) is 7.83. The zero-order valence-corrected chi connectivity index (χ0v) is 17.8. The minimum absolute atomic E-state index is 0.115. The summed E-state index contributed by atoms with van der Waals surface area (Å²) in [4.78, 5) is 16.6. The van der Waals surface area contributed by atoms with E-state index in [1.807, 2.05) is 18.2 Å². The standard InChI is InChI=1S/C21H25N3O6S/c1-31(27,28)24-13-5-6-18-16(8-13)17-9-15(29-19(12-25)21(17)30-18)10-20(26)23-11-14-4-2-3-7-22-14/h2-8,15,17,19,21,24-25H,9-12H2,1H3,(H,23,26)/t15-,17-,19+,21+/m0/s1. The van der Waals surface area contributed by atoms with Crippen LogP contribution in [0.5, 0.6) is 5.75 Å². The van der Waals surface area contributed by atoms with Crippen molar-refractivity contribution >= 4 is 21.6 Å². The molecular formula is C21H25N3O6S. The van der Waals surface area contributed by atoms with Gasteiger partial charge in [-0.15, -0.1) is 0 Å². The van der Waals surface area contributed by atoms with Gasteiger partial charge in [-0.25, -0.2) is 8.42 Å². The molecule has 166 valence electrons. The van der Waals surface area contributed by atoms with Crippen LogP contribution < -0.4 is 14.8 Å². The highest BCUT2D eigenvalue weighted by Gasteiger charge is 2.46. The van der Waals surface area contributed by atoms with Crippen molar-refractivity contribution in [3.8, 4) is 5.75 Å². The van der Waals surface area contributed by atoms with Gasteiger partial charge in [0.15, 0.2) is 0 Å². The predicted octanol–water partition coefficient (Wildman–Crippen LogP) is 1.15. The molecule has 4 atom stereocenters. The summed E-state index contributed by atoms with van der Waals surface area (Å²) in [6.45, 7) is 0.0873. The summed E-state index contributed by atoms with van der Waals surface area (Å²) < 4.78 is 37.6. The molecular weight excluding hydrogens is 422 g/mol. The quantitative estimate of drug-likeness (QED) is 0.581. The molecule has 0 unspecified atom stereocenters. The van der Waals surface area contributed by atoms with Crippen LogP contribution in [0, 0.1) is 0 Å². The monoisotopic (exact) mass is 447 g/mol. The second-order valence-corrected chi connectivity index (χ2v) is 9.58. The first-order valence-corrected chi connectivity index (χ1v) is 11.9. The number of aliphatic hydroxyl groups excluding tert-OH is 1. The lowest BCUT2D eigenvalue weighted by molar-refractivity contribution is -0.142. The number of benzene rings is 1. The number of hydrogen-bond acceptors (Lipinski definition) is 7. The minimum atomic E-state index is -3.41. The molecule has 9 nitrogen and oxygen atoms in total. The van der Waals surface area contributed by atoms with E-state index in [0.29, 0.717) is 24.4 Å². The summed E-state index contributed by atoms with van der Waals surface area (Å²) in [7, 11) is -3.41. The molecule has 1 fully saturated rings. The van der Waals surface area contributed by atoms with E-state index in [-0.39, 0.29) is 31.0 Å². The first-order chi connectivity index (χ1) is 14.8. The van der Waals surface area contributed by atoms with Crippen molar-refractivity contribution in [3.05, 3.63) is 53.9 Å². The summed E-state index contributed by atoms with van der Waals surface area (Å²) in [5.74, 6) is 0.351. The Labute approximate surface area is 180 Å². The summed E-state index contributed by atoms with van der Waals surface area (Å²) in [6, 6.07) is 10.6. The van der Waals surface area contributed by atoms with Crippen molar-refractivity contribution in [3.63, 3.8) is 0 Å². The van der Waals surface area contributed by atoms with Crippen molar-refractivity contribution in [2.75, 3.05) is 17.6 Å². The number of sulfonamides is 1. The largest absolute Gasteiger partial charge is 0.487 e. The van der Waals surface area contributed by atoms with E-state index in [1.165, 1.54) is 0 Å². The van der Waals surface area contributed by atoms with Gasteiger partial charge in [0.2, 0.25) is 15.9 Å². The molecule has 1 aromatic carbocycles. The summed E-state index contributed by atoms with van der Waals surface area (Å²) in [6.07, 6.45) is 2.06. The molecule has 2 aromatic rings. The highest BCUT2D eigenvalue weighted by atomic mass is 32.2. The average molecular weight is 448 g/mol. The van der Waals surface area contributed by atoms with Crippen molar-refractivity contribution in [1.29, 1.82) is 0 Å². The molecule has 31 heavy (non-hydrogen) atoms. The van der Waals surface area contributed by atoms with Crippen molar-refractivity contribution in [2.45, 2.75) is 43.6 Å². The van der Waals surface area contributed by atoms with Gasteiger partial charge in [-0.2, -0.15) is 0 Å². The van der Waals surface area contributed by atoms with Gasteiger partial charge in [0.1, 0.15) is 18.0 Å². The molecule has 2 aliphatic heterocycles. The van der Waals surface area contributed by atoms with E-state index >= 15 is 0 Å². The third kappa shape index (κ3) is 5.15. The van der Waals surface area contributed by atoms with Gasteiger partial charge in [0.25, 0.3) is 0 Å². The summed E-state index contributed by atoms with van der Waals surface area (Å²) >= 11 is 0. The van der Waals surface area contributed by atoms with Crippen LogP contribution in [0.2, 0.25) is 0 Å². The number of aliphatic hydroxyl groups is 1. The molecule has 3 N–H and O–H groups in total. The SMILES string of the molecule is CS(=O)(=O)Nc1ccc2c(c1)[C@@H]1C[C@@H](CC(=O)NCc3ccccn3)O[C@H](CO)[C@@H]1O2. The Morgan fingerprint density at radius 2 is 2.13 bits per heavy atom. The molecule has 0 aliphatic carbocycles. The average Bonchev–Trinajstić information content (AvgIpc) is 3.09. The van der Waals surface area contributed by atoms with Gasteiger partial charge in [0.05, 0.1) is 37.6 Å². The van der Waals surface area contributed by atoms with Gasteiger partial charge >= 0.3 is 0 Å². The van der Waals surface area contributed by atoms with Crippen LogP contribution in [0.3, 0.4) is 0 Å². The number of fused-ring (bicyclic) bond motifs is 3. The molecule has 3 heterocycles. The number of amides is 1. The summed E-state index contributed by atoms with van der Waals surface area (Å²) in [5.41, 5.74) is 2.05. The second kappa shape index (κ2) is 8.81. The van der Waals surface area contributed by atoms with Gasteiger partial charge in [-0.1, -0.05) is 6.07 Å². The van der Waals surface area contributed by atoms with Crippen LogP contribution in [0.4, 0.5) is 5.69 Å². The van der Waals surface area contributed by atoms with Gasteiger partial charge in [-0.3, -0.25) is 14.5 Å². The Bertz CT molecular complexity index is 1050. The molecule has 1 saturated heterocycles. The predicted molar refractivity (Wildman–Crippen MR) is 113 cm³/mol. The van der Waals surface area contributed by atoms with Crippen molar-refractivity contribution in [1.82, 2.24) is 10.3 Å². The Morgan fingerprint density at radius 3 is 2.84 bits per heavy atom. The zero-order valence-electron chi connectivity index (χ0n) is 17.0. The molecule has 0 bridgehead atoms. The van der Waals surface area contributed by atoms with Crippen LogP contribution in [-0.4, -0.2) is 55.6 Å². The number of nitrogens with one attached hydrogen (secondary N) is 2. The van der Waals surface area contributed by atoms with Gasteiger partial charge < -0.3 is 19.9 Å². The van der Waals surface area contributed by atoms with E-state index in [0.717, 1.165) is 17.5 Å². The molecule has 2 aliphatic rings. The van der Waals surface area contributed by atoms with E-state index in [9.17, 15) is 18.3 Å². The fraction of sp³-hybridized carbons (Fsp3) is 0.429. The van der Waals surface area contributed by atoms with Crippen molar-refractivity contribution < 1.29 is 27.8 Å². The smallest absolute Gasteiger partial charge is 0.229 e. The van der Waals surface area contributed by atoms with Crippen LogP contribution in [0.1, 0.15) is 30.0 Å². The molecule has 4 rings (SSSR count). The van der Waals surface area contributed by atoms with Gasteiger partial charge in [0, 0.05) is 23.4 Å². The van der Waals surface area contributed by atoms with E-state index in [1.54, 1.807) is 24.4 Å². The molecule has 1 aromatic heterocycles. The molecule has 10 heteroatoms. The van der Waals surface area contributed by atoms with E-state index < -0.39 is 22.2 Å². The number of hydrogen-bond donors (Lipinski definition) is 3. The van der Waals surface area contributed by atoms with Crippen LogP contribution in [0.15, 0.2) is 42.6 Å². The maximum Gasteiger partial charge on any atom is 0.229 e. The lowest BCUT2D eigenvalue weighted by Gasteiger charge is -2.37. The lowest BCUT2D eigenvalue weighted by Crippen LogP contribution is -2.47. The van der Waals surface area contributed by atoms with Crippen LogP contribution in [-0.2, 0) is 26.1 Å². The first-order valence-electron chi connectivity index (χ1n) is 10.0. The zero-order chi connectivity index (χ0) is 22.0. The topological polar surface area (TPSA) is 127 Å². The maximum atomic E-state index is 12.4. The molecule has 0 spiro atoms. The lowest BCUT2D eigenvalue weighted by atomic mass is 9.84. The molecule has 0 saturated carbocycles. The number of aromatic nitrogens is 1. The minimum Gasteiger partial charge on any atom is -0.487 e. The third-order valence-electron chi connectivity index (χ3n) is 5.41. The Kier molecular flexibility index (Phi) is 6.12. The van der Waals surface area contributed by atoms with Crippen LogP contribution >= 0.6 is 0 Å². The van der Waals surface area contributed by atoms with Crippen molar-refractivity contribution in [2.24, 2.45) is 0 Å². The van der Waals surface area contributed by atoms with Gasteiger partial charge in [-0.05, 0) is 36.8 Å². The number of pyridine rings is 1. The Hall–Kier alpha value is -2.69. The number of nitrogens with zero attached hydrogens (tertiary/aromatic N) is 1.